The van der Waals surface area contributed by atoms with Gasteiger partial charge in [-0.25, -0.2) is 18.7 Å². The molecule has 7 nitrogen and oxygen atoms in total. The molecule has 2 aromatic carbocycles. The van der Waals surface area contributed by atoms with Crippen molar-refractivity contribution < 1.29 is 18.3 Å². The molecular weight excluding hydrogens is 440 g/mol. The fourth-order valence-corrected chi connectivity index (χ4v) is 3.47. The SMILES string of the molecule is COc1cc(-c2ccc(F)c(F)c2)cc2c(NCCC(=O)N(C)C)nc(-c3cccnc3)nc12. The number of pyridine rings is 1. The fourth-order valence-electron chi connectivity index (χ4n) is 3.47. The standard InChI is InChI=1S/C25H23F2N5O2/c1-32(2)22(33)8-10-29-25-18-11-17(15-6-7-19(26)20(27)12-15)13-21(34-3)23(18)30-24(31-25)16-5-4-9-28-14-16/h4-7,9,11-14H,8,10H2,1-3H3,(H,29,30,31). The third-order valence-corrected chi connectivity index (χ3v) is 5.29. The number of anilines is 1. The number of ether oxygens (including phenoxy) is 1. The Kier molecular flexibility index (Phi) is 6.62. The maximum atomic E-state index is 13.9. The fraction of sp³-hybridized carbons (Fsp3) is 0.200. The second kappa shape index (κ2) is 9.78. The van der Waals surface area contributed by atoms with E-state index >= 15 is 0 Å². The Morgan fingerprint density at radius 1 is 1.03 bits per heavy atom. The highest BCUT2D eigenvalue weighted by Crippen LogP contribution is 2.36. The molecule has 0 saturated heterocycles. The van der Waals surface area contributed by atoms with Crippen molar-refractivity contribution in [2.45, 2.75) is 6.42 Å². The first-order chi connectivity index (χ1) is 16.4. The third kappa shape index (κ3) is 4.78. The van der Waals surface area contributed by atoms with Gasteiger partial charge in [-0.3, -0.25) is 9.78 Å². The summed E-state index contributed by atoms with van der Waals surface area (Å²) in [6.45, 7) is 0.341. The minimum atomic E-state index is -0.944. The quantitative estimate of drug-likeness (QED) is 0.434. The maximum Gasteiger partial charge on any atom is 0.223 e. The topological polar surface area (TPSA) is 80.2 Å². The predicted molar refractivity (Wildman–Crippen MR) is 126 cm³/mol. The van der Waals surface area contributed by atoms with E-state index in [2.05, 4.69) is 20.3 Å². The minimum Gasteiger partial charge on any atom is -0.494 e. The van der Waals surface area contributed by atoms with Gasteiger partial charge in [0.2, 0.25) is 5.91 Å². The summed E-state index contributed by atoms with van der Waals surface area (Å²) in [4.78, 5) is 27.1. The lowest BCUT2D eigenvalue weighted by atomic mass is 10.0. The summed E-state index contributed by atoms with van der Waals surface area (Å²) in [6, 6.07) is 10.8. The lowest BCUT2D eigenvalue weighted by Crippen LogP contribution is -2.24. The molecular formula is C25H23F2N5O2. The van der Waals surface area contributed by atoms with Crippen LogP contribution in [-0.2, 0) is 4.79 Å². The Balaban J connectivity index is 1.86. The highest BCUT2D eigenvalue weighted by Gasteiger charge is 2.17. The molecule has 1 N–H and O–H groups in total. The van der Waals surface area contributed by atoms with Gasteiger partial charge < -0.3 is 15.0 Å². The number of methoxy groups -OCH3 is 1. The molecule has 0 radical (unpaired) electrons. The molecule has 4 rings (SSSR count). The van der Waals surface area contributed by atoms with Gasteiger partial charge in [-0.1, -0.05) is 6.07 Å². The molecule has 0 aliphatic carbocycles. The lowest BCUT2D eigenvalue weighted by Gasteiger charge is -2.15. The molecule has 0 unspecified atom stereocenters. The molecule has 2 heterocycles. The zero-order valence-corrected chi connectivity index (χ0v) is 19.0. The Hall–Kier alpha value is -4.14. The van der Waals surface area contributed by atoms with Crippen LogP contribution in [0.2, 0.25) is 0 Å². The van der Waals surface area contributed by atoms with Gasteiger partial charge in [-0.15, -0.1) is 0 Å². The Labute approximate surface area is 195 Å². The second-order valence-electron chi connectivity index (χ2n) is 7.81. The van der Waals surface area contributed by atoms with Crippen LogP contribution in [-0.4, -0.2) is 53.5 Å². The van der Waals surface area contributed by atoms with E-state index in [9.17, 15) is 13.6 Å². The molecule has 0 fully saturated rings. The third-order valence-electron chi connectivity index (χ3n) is 5.29. The summed E-state index contributed by atoms with van der Waals surface area (Å²) in [5.41, 5.74) is 2.32. The van der Waals surface area contributed by atoms with E-state index in [0.717, 1.165) is 12.1 Å². The number of aromatic nitrogens is 3. The molecule has 0 atom stereocenters. The largest absolute Gasteiger partial charge is 0.494 e. The molecule has 0 aliphatic rings. The summed E-state index contributed by atoms with van der Waals surface area (Å²) in [5, 5.41) is 3.84. The number of rotatable bonds is 7. The molecule has 1 amide bonds. The van der Waals surface area contributed by atoms with Crippen LogP contribution in [0.25, 0.3) is 33.4 Å². The molecule has 0 bridgehead atoms. The smallest absolute Gasteiger partial charge is 0.223 e. The zero-order valence-electron chi connectivity index (χ0n) is 19.0. The van der Waals surface area contributed by atoms with E-state index in [1.165, 1.54) is 18.1 Å². The van der Waals surface area contributed by atoms with Crippen molar-refractivity contribution in [3.05, 3.63) is 66.5 Å². The Morgan fingerprint density at radius 3 is 2.53 bits per heavy atom. The predicted octanol–water partition coefficient (Wildman–Crippen LogP) is 4.54. The first-order valence-corrected chi connectivity index (χ1v) is 10.6. The number of hydrogen-bond acceptors (Lipinski definition) is 6. The summed E-state index contributed by atoms with van der Waals surface area (Å²) < 4.78 is 33.0. The number of benzene rings is 2. The van der Waals surface area contributed by atoms with E-state index in [0.29, 0.717) is 51.5 Å². The highest BCUT2D eigenvalue weighted by atomic mass is 19.2. The van der Waals surface area contributed by atoms with Crippen LogP contribution in [0.5, 0.6) is 5.75 Å². The van der Waals surface area contributed by atoms with Gasteiger partial charge in [0.05, 0.1) is 7.11 Å². The zero-order chi connectivity index (χ0) is 24.2. The van der Waals surface area contributed by atoms with Crippen molar-refractivity contribution in [2.75, 3.05) is 33.1 Å². The van der Waals surface area contributed by atoms with Crippen molar-refractivity contribution >= 4 is 22.6 Å². The van der Waals surface area contributed by atoms with Crippen molar-refractivity contribution in [3.8, 4) is 28.3 Å². The number of carbonyl (C=O) groups is 1. The van der Waals surface area contributed by atoms with E-state index in [4.69, 9.17) is 4.74 Å². The van der Waals surface area contributed by atoms with Gasteiger partial charge in [0, 0.05) is 50.4 Å². The molecule has 0 saturated carbocycles. The van der Waals surface area contributed by atoms with Gasteiger partial charge in [0.1, 0.15) is 17.1 Å². The molecule has 9 heteroatoms. The van der Waals surface area contributed by atoms with Crippen molar-refractivity contribution in [2.24, 2.45) is 0 Å². The van der Waals surface area contributed by atoms with E-state index in [1.807, 2.05) is 6.07 Å². The van der Waals surface area contributed by atoms with Crippen LogP contribution in [0.3, 0.4) is 0 Å². The molecule has 34 heavy (non-hydrogen) atoms. The minimum absolute atomic E-state index is 0.0293. The van der Waals surface area contributed by atoms with Crippen LogP contribution in [0.1, 0.15) is 6.42 Å². The molecule has 0 spiro atoms. The average molecular weight is 463 g/mol. The van der Waals surface area contributed by atoms with Gasteiger partial charge in [-0.05, 0) is 47.5 Å². The van der Waals surface area contributed by atoms with E-state index in [1.54, 1.807) is 44.7 Å². The van der Waals surface area contributed by atoms with Gasteiger partial charge in [0.15, 0.2) is 17.5 Å². The number of nitrogens with one attached hydrogen (secondary N) is 1. The van der Waals surface area contributed by atoms with Gasteiger partial charge >= 0.3 is 0 Å². The summed E-state index contributed by atoms with van der Waals surface area (Å²) in [5.74, 6) is -0.538. The number of hydrogen-bond donors (Lipinski definition) is 1. The van der Waals surface area contributed by atoms with Crippen LogP contribution >= 0.6 is 0 Å². The Bertz CT molecular complexity index is 1350. The van der Waals surface area contributed by atoms with Crippen LogP contribution in [0.4, 0.5) is 14.6 Å². The van der Waals surface area contributed by atoms with Crippen molar-refractivity contribution in [3.63, 3.8) is 0 Å². The van der Waals surface area contributed by atoms with Crippen LogP contribution < -0.4 is 10.1 Å². The summed E-state index contributed by atoms with van der Waals surface area (Å²) >= 11 is 0. The van der Waals surface area contributed by atoms with Gasteiger partial charge in [0.25, 0.3) is 0 Å². The average Bonchev–Trinajstić information content (AvgIpc) is 2.85. The number of halogens is 2. The first-order valence-electron chi connectivity index (χ1n) is 10.6. The van der Waals surface area contributed by atoms with Crippen LogP contribution in [0.15, 0.2) is 54.9 Å². The molecule has 4 aromatic rings. The molecule has 2 aromatic heterocycles. The van der Waals surface area contributed by atoms with Crippen molar-refractivity contribution in [1.82, 2.24) is 19.9 Å². The second-order valence-corrected chi connectivity index (χ2v) is 7.81. The van der Waals surface area contributed by atoms with Gasteiger partial charge in [-0.2, -0.15) is 0 Å². The maximum absolute atomic E-state index is 13.9. The van der Waals surface area contributed by atoms with Crippen molar-refractivity contribution in [1.29, 1.82) is 0 Å². The number of carbonyl (C=O) groups excluding carboxylic acids is 1. The first kappa shape index (κ1) is 23.0. The number of nitrogens with zero attached hydrogens (tertiary/aromatic N) is 4. The summed E-state index contributed by atoms with van der Waals surface area (Å²) in [7, 11) is 4.91. The Morgan fingerprint density at radius 2 is 1.85 bits per heavy atom. The van der Waals surface area contributed by atoms with E-state index < -0.39 is 11.6 Å². The molecule has 174 valence electrons. The monoisotopic (exact) mass is 463 g/mol. The van der Waals surface area contributed by atoms with E-state index in [-0.39, 0.29) is 12.3 Å². The number of amides is 1. The molecule has 0 aliphatic heterocycles. The summed E-state index contributed by atoms with van der Waals surface area (Å²) in [6.07, 6.45) is 3.58. The van der Waals surface area contributed by atoms with Crippen LogP contribution in [0, 0.1) is 11.6 Å². The number of fused-ring (bicyclic) bond motifs is 1. The normalized spacial score (nSPS) is 10.9. The highest BCUT2D eigenvalue weighted by molar-refractivity contribution is 5.98. The lowest BCUT2D eigenvalue weighted by molar-refractivity contribution is -0.128.